The average Bonchev–Trinajstić information content (AvgIpc) is 3.83. The van der Waals surface area contributed by atoms with Crippen LogP contribution in [-0.4, -0.2) is 88.9 Å². The van der Waals surface area contributed by atoms with Crippen LogP contribution in [0.25, 0.3) is 10.9 Å². The van der Waals surface area contributed by atoms with Crippen LogP contribution in [0.15, 0.2) is 54.7 Å². The lowest BCUT2D eigenvalue weighted by molar-refractivity contribution is -0.139. The third kappa shape index (κ3) is 8.20. The van der Waals surface area contributed by atoms with Gasteiger partial charge in [-0.2, -0.15) is 0 Å². The third-order valence-electron chi connectivity index (χ3n) is 10.4. The van der Waals surface area contributed by atoms with E-state index < -0.39 is 29.5 Å². The van der Waals surface area contributed by atoms with E-state index in [-0.39, 0.29) is 18.3 Å². The lowest BCUT2D eigenvalue weighted by atomic mass is 9.85. The van der Waals surface area contributed by atoms with Gasteiger partial charge in [0.05, 0.1) is 0 Å². The van der Waals surface area contributed by atoms with Gasteiger partial charge in [-0.25, -0.2) is 9.18 Å². The second-order valence-electron chi connectivity index (χ2n) is 14.8. The number of rotatable bonds is 11. The number of fused-ring (bicyclic) bond motifs is 1. The molecule has 2 fully saturated rings. The van der Waals surface area contributed by atoms with Gasteiger partial charge in [-0.3, -0.25) is 19.4 Å². The molecular formula is C38H52FN5O4. The first kappa shape index (κ1) is 35.4. The molecule has 1 saturated heterocycles. The minimum absolute atomic E-state index is 0.105. The maximum absolute atomic E-state index is 13.9. The molecule has 260 valence electrons. The lowest BCUT2D eigenvalue weighted by Crippen LogP contribution is -2.58. The molecule has 48 heavy (non-hydrogen) atoms. The summed E-state index contributed by atoms with van der Waals surface area (Å²) < 4.78 is 19.3. The normalized spacial score (nSPS) is 20.1. The Morgan fingerprint density at radius 3 is 2.48 bits per heavy atom. The summed E-state index contributed by atoms with van der Waals surface area (Å²) in [5, 5.41) is 4.03. The van der Waals surface area contributed by atoms with Crippen LogP contribution in [0.4, 0.5) is 9.18 Å². The standard InChI is InChI=1S/C38H52FN5O4/c1-25(43(6)37(47)48-24-26-12-8-7-9-13-26)35(45)41-34(38(2,3)4)36(46)42(5)19-18-30-20-27(23-44(30)29-14-10-11-15-29)32-22-40-33-21-28(39)16-17-31(32)33/h7-9,12-13,16-17,21-22,25,27,29-30,34,40H,10-11,14-15,18-20,23-24H2,1-6H3,(H,41,45). The molecule has 2 heterocycles. The molecule has 2 N–H and O–H groups in total. The number of nitrogens with zero attached hydrogens (tertiary/aromatic N) is 3. The first-order valence-electron chi connectivity index (χ1n) is 17.3. The topological polar surface area (TPSA) is 98.0 Å². The number of likely N-dealkylation sites (N-methyl/N-ethyl adjacent to an activating group) is 2. The highest BCUT2D eigenvalue weighted by atomic mass is 19.1. The summed E-state index contributed by atoms with van der Waals surface area (Å²) in [5.41, 5.74) is 2.35. The fourth-order valence-electron chi connectivity index (χ4n) is 7.33. The number of nitrogens with one attached hydrogen (secondary N) is 2. The van der Waals surface area contributed by atoms with Gasteiger partial charge in [0, 0.05) is 62.3 Å². The third-order valence-corrected chi connectivity index (χ3v) is 10.4. The van der Waals surface area contributed by atoms with Crippen molar-refractivity contribution in [3.05, 3.63) is 71.7 Å². The lowest BCUT2D eigenvalue weighted by Gasteiger charge is -2.36. The van der Waals surface area contributed by atoms with Crippen molar-refractivity contribution in [2.75, 3.05) is 27.2 Å². The molecule has 1 aliphatic carbocycles. The van der Waals surface area contributed by atoms with Gasteiger partial charge in [0.15, 0.2) is 0 Å². The van der Waals surface area contributed by atoms with E-state index in [1.807, 2.05) is 70.4 Å². The van der Waals surface area contributed by atoms with E-state index in [1.54, 1.807) is 17.9 Å². The molecular weight excluding hydrogens is 609 g/mol. The number of aromatic nitrogens is 1. The van der Waals surface area contributed by atoms with Gasteiger partial charge in [0.1, 0.15) is 24.5 Å². The van der Waals surface area contributed by atoms with Gasteiger partial charge in [-0.15, -0.1) is 0 Å². The van der Waals surface area contributed by atoms with E-state index in [0.717, 1.165) is 35.9 Å². The average molecular weight is 662 g/mol. The van der Waals surface area contributed by atoms with Gasteiger partial charge >= 0.3 is 6.09 Å². The minimum atomic E-state index is -0.840. The molecule has 3 aromatic rings. The monoisotopic (exact) mass is 661 g/mol. The number of H-pyrrole nitrogens is 1. The molecule has 1 aromatic heterocycles. The number of aromatic amines is 1. The molecule has 1 aliphatic heterocycles. The Balaban J connectivity index is 1.20. The Labute approximate surface area is 284 Å². The second-order valence-corrected chi connectivity index (χ2v) is 14.8. The summed E-state index contributed by atoms with van der Waals surface area (Å²) in [6.45, 7) is 9.05. The first-order valence-corrected chi connectivity index (χ1v) is 17.3. The molecule has 2 aliphatic rings. The zero-order chi connectivity index (χ0) is 34.6. The SMILES string of the molecule is CC(C(=O)NC(C(=O)N(C)CCC1CC(c2c[nH]c3cc(F)ccc23)CN1C1CCCC1)C(C)(C)C)N(C)C(=O)OCc1ccccc1. The molecule has 0 spiro atoms. The maximum atomic E-state index is 13.9. The van der Waals surface area contributed by atoms with Gasteiger partial charge in [0.25, 0.3) is 0 Å². The largest absolute Gasteiger partial charge is 0.445 e. The van der Waals surface area contributed by atoms with Crippen LogP contribution in [0.3, 0.4) is 0 Å². The van der Waals surface area contributed by atoms with Crippen molar-refractivity contribution >= 4 is 28.8 Å². The number of ether oxygens (including phenoxy) is 1. The van der Waals surface area contributed by atoms with Crippen LogP contribution in [0.5, 0.6) is 0 Å². The fourth-order valence-corrected chi connectivity index (χ4v) is 7.33. The number of carbonyl (C=O) groups is 3. The van der Waals surface area contributed by atoms with Crippen molar-refractivity contribution in [3.8, 4) is 0 Å². The molecule has 9 nitrogen and oxygen atoms in total. The molecule has 10 heteroatoms. The minimum Gasteiger partial charge on any atom is -0.445 e. The Morgan fingerprint density at radius 2 is 1.79 bits per heavy atom. The van der Waals surface area contributed by atoms with E-state index in [0.29, 0.717) is 24.5 Å². The summed E-state index contributed by atoms with van der Waals surface area (Å²) in [4.78, 5) is 49.0. The Bertz CT molecular complexity index is 1560. The highest BCUT2D eigenvalue weighted by Gasteiger charge is 2.40. The van der Waals surface area contributed by atoms with Crippen LogP contribution >= 0.6 is 0 Å². The number of benzene rings is 2. The van der Waals surface area contributed by atoms with Gasteiger partial charge in [0.2, 0.25) is 11.8 Å². The van der Waals surface area contributed by atoms with Gasteiger partial charge in [-0.05, 0) is 67.3 Å². The van der Waals surface area contributed by atoms with E-state index >= 15 is 0 Å². The van der Waals surface area contributed by atoms with E-state index in [9.17, 15) is 18.8 Å². The Kier molecular flexibility index (Phi) is 11.1. The zero-order valence-corrected chi connectivity index (χ0v) is 29.3. The number of amides is 3. The van der Waals surface area contributed by atoms with Crippen molar-refractivity contribution < 1.29 is 23.5 Å². The van der Waals surface area contributed by atoms with Crippen LogP contribution in [0.2, 0.25) is 0 Å². The number of carbonyl (C=O) groups excluding carboxylic acids is 3. The molecule has 4 atom stereocenters. The molecule has 4 unspecified atom stereocenters. The summed E-state index contributed by atoms with van der Waals surface area (Å²) in [5.74, 6) is -0.484. The Hall–Kier alpha value is -3.92. The highest BCUT2D eigenvalue weighted by molar-refractivity contribution is 5.91. The number of hydrogen-bond acceptors (Lipinski definition) is 5. The van der Waals surface area contributed by atoms with Crippen LogP contribution in [0.1, 0.15) is 83.3 Å². The van der Waals surface area contributed by atoms with Crippen LogP contribution in [0, 0.1) is 11.2 Å². The molecule has 1 saturated carbocycles. The summed E-state index contributed by atoms with van der Waals surface area (Å²) >= 11 is 0. The van der Waals surface area contributed by atoms with Crippen LogP contribution in [-0.2, 0) is 20.9 Å². The summed E-state index contributed by atoms with van der Waals surface area (Å²) in [6.07, 6.45) is 8.11. The van der Waals surface area contributed by atoms with Gasteiger partial charge < -0.3 is 19.9 Å². The molecule has 2 aromatic carbocycles. The van der Waals surface area contributed by atoms with E-state index in [1.165, 1.54) is 49.3 Å². The Morgan fingerprint density at radius 1 is 1.08 bits per heavy atom. The molecule has 0 bridgehead atoms. The van der Waals surface area contributed by atoms with Crippen molar-refractivity contribution in [2.24, 2.45) is 5.41 Å². The smallest absolute Gasteiger partial charge is 0.410 e. The predicted molar refractivity (Wildman–Crippen MR) is 186 cm³/mol. The second kappa shape index (κ2) is 15.1. The quantitative estimate of drug-likeness (QED) is 0.247. The molecule has 5 rings (SSSR count). The van der Waals surface area contributed by atoms with Crippen molar-refractivity contribution in [3.63, 3.8) is 0 Å². The first-order chi connectivity index (χ1) is 22.8. The van der Waals surface area contributed by atoms with E-state index in [2.05, 4.69) is 15.2 Å². The number of likely N-dealkylation sites (tertiary alicyclic amines) is 1. The molecule has 3 amide bonds. The highest BCUT2D eigenvalue weighted by Crippen LogP contribution is 2.40. The number of hydrogen-bond donors (Lipinski definition) is 2. The fraction of sp³-hybridized carbons (Fsp3) is 0.553. The summed E-state index contributed by atoms with van der Waals surface area (Å²) in [6, 6.07) is 13.6. The van der Waals surface area contributed by atoms with Crippen molar-refractivity contribution in [2.45, 2.75) is 103 Å². The summed E-state index contributed by atoms with van der Waals surface area (Å²) in [7, 11) is 3.33. The number of halogens is 1. The van der Waals surface area contributed by atoms with Crippen molar-refractivity contribution in [1.29, 1.82) is 0 Å². The molecule has 0 radical (unpaired) electrons. The van der Waals surface area contributed by atoms with Crippen molar-refractivity contribution in [1.82, 2.24) is 25.0 Å². The predicted octanol–water partition coefficient (Wildman–Crippen LogP) is 6.44. The van der Waals surface area contributed by atoms with E-state index in [4.69, 9.17) is 4.74 Å². The van der Waals surface area contributed by atoms with Crippen LogP contribution < -0.4 is 5.32 Å². The van der Waals surface area contributed by atoms with Gasteiger partial charge in [-0.1, -0.05) is 63.9 Å². The zero-order valence-electron chi connectivity index (χ0n) is 29.3. The maximum Gasteiger partial charge on any atom is 0.410 e.